The van der Waals surface area contributed by atoms with Gasteiger partial charge in [0.05, 0.1) is 4.92 Å². The Morgan fingerprint density at radius 1 is 1.35 bits per heavy atom. The maximum absolute atomic E-state index is 10.6. The summed E-state index contributed by atoms with van der Waals surface area (Å²) in [7, 11) is 1.50. The second-order valence-electron chi connectivity index (χ2n) is 4.76. The molecule has 0 amide bonds. The maximum Gasteiger partial charge on any atom is 0.239 e. The molecule has 0 saturated carbocycles. The van der Waals surface area contributed by atoms with Gasteiger partial charge in [-0.3, -0.25) is 10.1 Å². The van der Waals surface area contributed by atoms with E-state index in [1.165, 1.54) is 7.05 Å². The molecule has 6 heteroatoms. The molecule has 20 heavy (non-hydrogen) atoms. The standard InChI is InChI=1S/C13H23N3O2.CH5N/c1-4-13(10-12(3)16(17)18)11-15-8-6-14(5-2)7-9-15;1-2/h4,13H,1,3,5-11H2,2H3;2H2,1H3. The van der Waals surface area contributed by atoms with Crippen molar-refractivity contribution in [2.75, 3.05) is 46.3 Å². The fourth-order valence-electron chi connectivity index (χ4n) is 2.22. The fourth-order valence-corrected chi connectivity index (χ4v) is 2.22. The van der Waals surface area contributed by atoms with Crippen molar-refractivity contribution in [2.45, 2.75) is 13.3 Å². The quantitative estimate of drug-likeness (QED) is 0.431. The monoisotopic (exact) mass is 284 g/mol. The summed E-state index contributed by atoms with van der Waals surface area (Å²) in [6, 6.07) is 0. The van der Waals surface area contributed by atoms with Crippen LogP contribution >= 0.6 is 0 Å². The summed E-state index contributed by atoms with van der Waals surface area (Å²) >= 11 is 0. The molecule has 0 aromatic carbocycles. The van der Waals surface area contributed by atoms with E-state index >= 15 is 0 Å². The largest absolute Gasteiger partial charge is 0.333 e. The van der Waals surface area contributed by atoms with Gasteiger partial charge < -0.3 is 15.5 Å². The van der Waals surface area contributed by atoms with E-state index in [4.69, 9.17) is 0 Å². The van der Waals surface area contributed by atoms with Crippen LogP contribution in [0.3, 0.4) is 0 Å². The Kier molecular flexibility index (Phi) is 9.88. The predicted molar refractivity (Wildman–Crippen MR) is 83.1 cm³/mol. The zero-order valence-corrected chi connectivity index (χ0v) is 12.8. The lowest BCUT2D eigenvalue weighted by Crippen LogP contribution is -2.47. The molecule has 0 bridgehead atoms. The van der Waals surface area contributed by atoms with Crippen LogP contribution in [0.25, 0.3) is 0 Å². The molecule has 1 heterocycles. The number of nitro groups is 1. The van der Waals surface area contributed by atoms with Crippen LogP contribution in [-0.2, 0) is 0 Å². The van der Waals surface area contributed by atoms with Crippen LogP contribution in [0.1, 0.15) is 13.3 Å². The molecule has 2 N–H and O–H groups in total. The molecular formula is C14H28N4O2. The molecule has 116 valence electrons. The van der Waals surface area contributed by atoms with Gasteiger partial charge in [-0.15, -0.1) is 6.58 Å². The third-order valence-corrected chi connectivity index (χ3v) is 3.49. The van der Waals surface area contributed by atoms with Crippen LogP contribution in [0.5, 0.6) is 0 Å². The molecule has 0 spiro atoms. The lowest BCUT2D eigenvalue weighted by Gasteiger charge is -2.35. The summed E-state index contributed by atoms with van der Waals surface area (Å²) in [5.74, 6) is 0.121. The maximum atomic E-state index is 10.6. The first-order chi connectivity index (χ1) is 9.56. The van der Waals surface area contributed by atoms with E-state index in [9.17, 15) is 10.1 Å². The lowest BCUT2D eigenvalue weighted by atomic mass is 10.0. The number of piperazine rings is 1. The fraction of sp³-hybridized carbons (Fsp3) is 0.714. The van der Waals surface area contributed by atoms with Crippen molar-refractivity contribution in [3.8, 4) is 0 Å². The van der Waals surface area contributed by atoms with Crippen LogP contribution in [-0.4, -0.2) is 61.0 Å². The van der Waals surface area contributed by atoms with Crippen molar-refractivity contribution in [2.24, 2.45) is 11.7 Å². The average Bonchev–Trinajstić information content (AvgIpc) is 2.49. The van der Waals surface area contributed by atoms with Crippen LogP contribution in [0.4, 0.5) is 0 Å². The summed E-state index contributed by atoms with van der Waals surface area (Å²) in [5.41, 5.74) is 4.58. The molecule has 1 unspecified atom stereocenters. The SMILES string of the molecule is C=CC(CC(=C)[N+](=O)[O-])CN1CCN(CC)CC1.CN. The Balaban J connectivity index is 0.00000172. The molecule has 1 saturated heterocycles. The number of rotatable bonds is 7. The highest BCUT2D eigenvalue weighted by Gasteiger charge is 2.20. The Labute approximate surface area is 122 Å². The van der Waals surface area contributed by atoms with E-state index in [0.717, 1.165) is 39.3 Å². The number of allylic oxidation sites excluding steroid dienone is 1. The van der Waals surface area contributed by atoms with E-state index in [1.54, 1.807) is 6.08 Å². The Hall–Kier alpha value is -1.24. The van der Waals surface area contributed by atoms with Gasteiger partial charge in [0.15, 0.2) is 0 Å². The number of hydrogen-bond acceptors (Lipinski definition) is 5. The van der Waals surface area contributed by atoms with Gasteiger partial charge >= 0.3 is 0 Å². The molecular weight excluding hydrogens is 256 g/mol. The van der Waals surface area contributed by atoms with E-state index < -0.39 is 4.92 Å². The first-order valence-electron chi connectivity index (χ1n) is 7.04. The molecule has 1 atom stereocenters. The van der Waals surface area contributed by atoms with Crippen molar-refractivity contribution in [1.82, 2.24) is 9.80 Å². The van der Waals surface area contributed by atoms with Gasteiger partial charge in [-0.2, -0.15) is 0 Å². The predicted octanol–water partition coefficient (Wildman–Crippen LogP) is 1.18. The van der Waals surface area contributed by atoms with Gasteiger partial charge in [0.1, 0.15) is 0 Å². The highest BCUT2D eigenvalue weighted by molar-refractivity contribution is 4.92. The first kappa shape index (κ1) is 18.8. The van der Waals surface area contributed by atoms with Crippen LogP contribution in [0, 0.1) is 16.0 Å². The normalized spacial score (nSPS) is 17.8. The van der Waals surface area contributed by atoms with Gasteiger partial charge in [-0.1, -0.05) is 13.0 Å². The summed E-state index contributed by atoms with van der Waals surface area (Å²) in [6.45, 7) is 15.6. The Morgan fingerprint density at radius 2 is 1.85 bits per heavy atom. The van der Waals surface area contributed by atoms with Crippen molar-refractivity contribution in [1.29, 1.82) is 0 Å². The molecule has 0 aliphatic carbocycles. The third-order valence-electron chi connectivity index (χ3n) is 3.49. The van der Waals surface area contributed by atoms with Gasteiger partial charge in [-0.25, -0.2) is 0 Å². The van der Waals surface area contributed by atoms with E-state index in [1.807, 2.05) is 0 Å². The second kappa shape index (κ2) is 10.5. The number of nitrogens with two attached hydrogens (primary N) is 1. The van der Waals surface area contributed by atoms with E-state index in [2.05, 4.69) is 35.6 Å². The van der Waals surface area contributed by atoms with Crippen LogP contribution in [0.15, 0.2) is 24.9 Å². The summed E-state index contributed by atoms with van der Waals surface area (Å²) < 4.78 is 0. The zero-order valence-electron chi connectivity index (χ0n) is 12.8. The zero-order chi connectivity index (χ0) is 15.5. The minimum atomic E-state index is -0.397. The molecule has 0 aromatic rings. The topological polar surface area (TPSA) is 75.6 Å². The molecule has 0 aromatic heterocycles. The Bertz CT molecular complexity index is 312. The summed E-state index contributed by atoms with van der Waals surface area (Å²) in [4.78, 5) is 14.9. The molecule has 1 fully saturated rings. The minimum Gasteiger partial charge on any atom is -0.333 e. The van der Waals surface area contributed by atoms with Crippen LogP contribution < -0.4 is 5.73 Å². The molecule has 1 rings (SSSR count). The van der Waals surface area contributed by atoms with Crippen molar-refractivity contribution in [3.05, 3.63) is 35.0 Å². The minimum absolute atomic E-state index is 0.0760. The smallest absolute Gasteiger partial charge is 0.239 e. The third kappa shape index (κ3) is 6.79. The van der Waals surface area contributed by atoms with Crippen LogP contribution in [0.2, 0.25) is 0 Å². The highest BCUT2D eigenvalue weighted by atomic mass is 16.6. The van der Waals surface area contributed by atoms with Crippen molar-refractivity contribution < 1.29 is 4.92 Å². The van der Waals surface area contributed by atoms with Gasteiger partial charge in [-0.05, 0) is 26.1 Å². The average molecular weight is 284 g/mol. The molecule has 1 aliphatic rings. The number of nitrogens with zero attached hydrogens (tertiary/aromatic N) is 3. The molecule has 6 nitrogen and oxygen atoms in total. The van der Waals surface area contributed by atoms with E-state index in [0.29, 0.717) is 6.42 Å². The van der Waals surface area contributed by atoms with Crippen molar-refractivity contribution >= 4 is 0 Å². The molecule has 1 aliphatic heterocycles. The van der Waals surface area contributed by atoms with Gasteiger partial charge in [0.2, 0.25) is 5.70 Å². The first-order valence-corrected chi connectivity index (χ1v) is 7.04. The molecule has 0 radical (unpaired) electrons. The van der Waals surface area contributed by atoms with Gasteiger partial charge in [0, 0.05) is 39.1 Å². The highest BCUT2D eigenvalue weighted by Crippen LogP contribution is 2.15. The summed E-state index contributed by atoms with van der Waals surface area (Å²) in [6.07, 6.45) is 2.20. The van der Waals surface area contributed by atoms with E-state index in [-0.39, 0.29) is 11.6 Å². The lowest BCUT2D eigenvalue weighted by molar-refractivity contribution is -0.428. The number of likely N-dealkylation sites (N-methyl/N-ethyl adjacent to an activating group) is 1. The van der Waals surface area contributed by atoms with Crippen molar-refractivity contribution in [3.63, 3.8) is 0 Å². The van der Waals surface area contributed by atoms with Gasteiger partial charge in [0.25, 0.3) is 0 Å². The Morgan fingerprint density at radius 3 is 2.25 bits per heavy atom. The second-order valence-corrected chi connectivity index (χ2v) is 4.76. The summed E-state index contributed by atoms with van der Waals surface area (Å²) in [5, 5.41) is 10.6. The number of hydrogen-bond donors (Lipinski definition) is 1.